The second-order valence-electron chi connectivity index (χ2n) is 4.21. The monoisotopic (exact) mass is 306 g/mol. The summed E-state index contributed by atoms with van der Waals surface area (Å²) in [5.41, 5.74) is 5.74. The molecule has 9 heteroatoms. The van der Waals surface area contributed by atoms with Crippen LogP contribution in [0.3, 0.4) is 0 Å². The van der Waals surface area contributed by atoms with E-state index in [1.807, 2.05) is 0 Å². The van der Waals surface area contributed by atoms with Gasteiger partial charge in [-0.1, -0.05) is 0 Å². The standard InChI is InChI=1S/C11H13F3N4OS/c12-11(13,14)6-18(2-3-19)5-8-16-9(15)7-1-4-20-10(7)17-8/h1,4,19H,2-3,5-6H2,(H2,15,16,17). The number of alkyl halides is 3. The molecule has 0 saturated carbocycles. The molecular weight excluding hydrogens is 293 g/mol. The molecule has 0 saturated heterocycles. The molecule has 0 bridgehead atoms. The molecule has 0 aromatic carbocycles. The molecule has 110 valence electrons. The van der Waals surface area contributed by atoms with Gasteiger partial charge < -0.3 is 10.8 Å². The second kappa shape index (κ2) is 5.90. The van der Waals surface area contributed by atoms with Crippen LogP contribution >= 0.6 is 11.3 Å². The van der Waals surface area contributed by atoms with Crippen molar-refractivity contribution in [3.63, 3.8) is 0 Å². The molecule has 20 heavy (non-hydrogen) atoms. The molecule has 0 fully saturated rings. The summed E-state index contributed by atoms with van der Waals surface area (Å²) in [5.74, 6) is 0.470. The molecule has 0 aliphatic rings. The Balaban J connectivity index is 2.19. The van der Waals surface area contributed by atoms with Gasteiger partial charge in [0.05, 0.1) is 25.1 Å². The normalized spacial score (nSPS) is 12.4. The number of thiophene rings is 1. The molecule has 0 unspecified atom stereocenters. The van der Waals surface area contributed by atoms with Crippen LogP contribution in [-0.2, 0) is 6.54 Å². The maximum atomic E-state index is 12.4. The summed E-state index contributed by atoms with van der Waals surface area (Å²) in [7, 11) is 0. The van der Waals surface area contributed by atoms with Crippen molar-refractivity contribution in [1.29, 1.82) is 0 Å². The smallest absolute Gasteiger partial charge is 0.395 e. The number of nitrogens with zero attached hydrogens (tertiary/aromatic N) is 3. The number of halogens is 3. The molecule has 0 aliphatic heterocycles. The van der Waals surface area contributed by atoms with E-state index in [9.17, 15) is 13.2 Å². The van der Waals surface area contributed by atoms with Gasteiger partial charge >= 0.3 is 6.18 Å². The van der Waals surface area contributed by atoms with E-state index in [4.69, 9.17) is 10.8 Å². The van der Waals surface area contributed by atoms with Crippen molar-refractivity contribution in [2.24, 2.45) is 0 Å². The minimum absolute atomic E-state index is 0.106. The van der Waals surface area contributed by atoms with Gasteiger partial charge in [-0.25, -0.2) is 9.97 Å². The van der Waals surface area contributed by atoms with Crippen LogP contribution in [-0.4, -0.2) is 45.8 Å². The summed E-state index contributed by atoms with van der Waals surface area (Å²) in [6.07, 6.45) is -4.34. The Labute approximate surface area is 116 Å². The van der Waals surface area contributed by atoms with Crippen LogP contribution in [0.4, 0.5) is 19.0 Å². The Morgan fingerprint density at radius 2 is 2.10 bits per heavy atom. The number of nitrogen functional groups attached to an aromatic ring is 1. The highest BCUT2D eigenvalue weighted by Crippen LogP contribution is 2.24. The molecule has 0 amide bonds. The van der Waals surface area contributed by atoms with Gasteiger partial charge in [-0.2, -0.15) is 13.2 Å². The van der Waals surface area contributed by atoms with Crippen LogP contribution in [0.15, 0.2) is 11.4 Å². The SMILES string of the molecule is Nc1nc(CN(CCO)CC(F)(F)F)nc2sccc12. The minimum atomic E-state index is -4.34. The van der Waals surface area contributed by atoms with Gasteiger partial charge in [0, 0.05) is 6.54 Å². The summed E-state index contributed by atoms with van der Waals surface area (Å²) in [5, 5.41) is 11.3. The first kappa shape index (κ1) is 14.9. The predicted molar refractivity (Wildman–Crippen MR) is 70.2 cm³/mol. The Morgan fingerprint density at radius 1 is 1.35 bits per heavy atom. The summed E-state index contributed by atoms with van der Waals surface area (Å²) in [6, 6.07) is 1.76. The van der Waals surface area contributed by atoms with E-state index in [1.54, 1.807) is 11.4 Å². The molecular formula is C11H13F3N4OS. The van der Waals surface area contributed by atoms with Crippen LogP contribution in [0.25, 0.3) is 10.2 Å². The van der Waals surface area contributed by atoms with Crippen LogP contribution in [0, 0.1) is 0 Å². The summed E-state index contributed by atoms with van der Waals surface area (Å²) in [4.78, 5) is 9.87. The first-order valence-electron chi connectivity index (χ1n) is 5.78. The lowest BCUT2D eigenvalue weighted by molar-refractivity contribution is -0.148. The molecule has 2 heterocycles. The Bertz CT molecular complexity index is 587. The average molecular weight is 306 g/mol. The first-order chi connectivity index (χ1) is 9.39. The molecule has 2 aromatic rings. The number of anilines is 1. The molecule has 0 aliphatic carbocycles. The largest absolute Gasteiger partial charge is 0.401 e. The van der Waals surface area contributed by atoms with E-state index in [1.165, 1.54) is 11.3 Å². The second-order valence-corrected chi connectivity index (χ2v) is 5.11. The van der Waals surface area contributed by atoms with Gasteiger partial charge in [0.1, 0.15) is 16.5 Å². The van der Waals surface area contributed by atoms with E-state index >= 15 is 0 Å². The van der Waals surface area contributed by atoms with Crippen LogP contribution in [0.5, 0.6) is 0 Å². The van der Waals surface area contributed by atoms with Crippen molar-refractivity contribution in [1.82, 2.24) is 14.9 Å². The summed E-state index contributed by atoms with van der Waals surface area (Å²) in [6.45, 7) is -1.71. The molecule has 0 spiro atoms. The van der Waals surface area contributed by atoms with Gasteiger partial charge in [0.2, 0.25) is 0 Å². The van der Waals surface area contributed by atoms with Gasteiger partial charge in [-0.05, 0) is 11.4 Å². The molecule has 0 radical (unpaired) electrons. The third kappa shape index (κ3) is 3.78. The number of hydrogen-bond donors (Lipinski definition) is 2. The fourth-order valence-electron chi connectivity index (χ4n) is 1.80. The van der Waals surface area contributed by atoms with Crippen molar-refractivity contribution < 1.29 is 18.3 Å². The minimum Gasteiger partial charge on any atom is -0.395 e. The van der Waals surface area contributed by atoms with Crippen LogP contribution in [0.1, 0.15) is 5.82 Å². The summed E-state index contributed by atoms with van der Waals surface area (Å²) < 4.78 is 37.3. The maximum absolute atomic E-state index is 12.4. The van der Waals surface area contributed by atoms with E-state index in [0.717, 1.165) is 4.90 Å². The highest BCUT2D eigenvalue weighted by atomic mass is 32.1. The van der Waals surface area contributed by atoms with Crippen molar-refractivity contribution in [3.05, 3.63) is 17.3 Å². The lowest BCUT2D eigenvalue weighted by atomic mass is 10.3. The third-order valence-corrected chi connectivity index (χ3v) is 3.39. The number of aliphatic hydroxyl groups excluding tert-OH is 1. The quantitative estimate of drug-likeness (QED) is 0.878. The van der Waals surface area contributed by atoms with Gasteiger partial charge in [-0.15, -0.1) is 11.3 Å². The van der Waals surface area contributed by atoms with Crippen molar-refractivity contribution in [2.45, 2.75) is 12.7 Å². The zero-order valence-corrected chi connectivity index (χ0v) is 11.2. The number of nitrogens with two attached hydrogens (primary N) is 1. The van der Waals surface area contributed by atoms with Crippen LogP contribution in [0.2, 0.25) is 0 Å². The highest BCUT2D eigenvalue weighted by Gasteiger charge is 2.30. The van der Waals surface area contributed by atoms with Gasteiger partial charge in [-0.3, -0.25) is 4.90 Å². The Hall–Kier alpha value is -1.45. The summed E-state index contributed by atoms with van der Waals surface area (Å²) >= 11 is 1.35. The lowest BCUT2D eigenvalue weighted by Gasteiger charge is -2.21. The van der Waals surface area contributed by atoms with E-state index < -0.39 is 12.7 Å². The zero-order chi connectivity index (χ0) is 14.8. The zero-order valence-electron chi connectivity index (χ0n) is 10.4. The van der Waals surface area contributed by atoms with E-state index in [0.29, 0.717) is 10.2 Å². The van der Waals surface area contributed by atoms with E-state index in [-0.39, 0.29) is 31.3 Å². The number of rotatable bonds is 5. The van der Waals surface area contributed by atoms with Crippen molar-refractivity contribution in [2.75, 3.05) is 25.4 Å². The van der Waals surface area contributed by atoms with Crippen molar-refractivity contribution in [3.8, 4) is 0 Å². The molecule has 0 atom stereocenters. The van der Waals surface area contributed by atoms with Crippen molar-refractivity contribution >= 4 is 27.4 Å². The van der Waals surface area contributed by atoms with Gasteiger partial charge in [0.15, 0.2) is 0 Å². The fraction of sp³-hybridized carbons (Fsp3) is 0.455. The molecule has 2 rings (SSSR count). The molecule has 5 nitrogen and oxygen atoms in total. The Morgan fingerprint density at radius 3 is 2.75 bits per heavy atom. The lowest BCUT2D eigenvalue weighted by Crippen LogP contribution is -2.36. The Kier molecular flexibility index (Phi) is 4.41. The fourth-order valence-corrected chi connectivity index (χ4v) is 2.59. The average Bonchev–Trinajstić information content (AvgIpc) is 2.75. The first-order valence-corrected chi connectivity index (χ1v) is 6.66. The highest BCUT2D eigenvalue weighted by molar-refractivity contribution is 7.16. The number of aliphatic hydroxyl groups is 1. The number of fused-ring (bicyclic) bond motifs is 1. The van der Waals surface area contributed by atoms with Gasteiger partial charge in [0.25, 0.3) is 0 Å². The third-order valence-electron chi connectivity index (χ3n) is 2.58. The van der Waals surface area contributed by atoms with Crippen LogP contribution < -0.4 is 5.73 Å². The molecule has 3 N–H and O–H groups in total. The topological polar surface area (TPSA) is 75.3 Å². The number of hydrogen-bond acceptors (Lipinski definition) is 6. The van der Waals surface area contributed by atoms with E-state index in [2.05, 4.69) is 9.97 Å². The number of aromatic nitrogens is 2. The maximum Gasteiger partial charge on any atom is 0.401 e. The predicted octanol–water partition coefficient (Wildman–Crippen LogP) is 1.63. The molecule has 2 aromatic heterocycles.